The van der Waals surface area contributed by atoms with Crippen LogP contribution in [-0.4, -0.2) is 15.1 Å². The van der Waals surface area contributed by atoms with Gasteiger partial charge in [-0.05, 0) is 44.7 Å². The number of anilines is 1. The van der Waals surface area contributed by atoms with Crippen LogP contribution in [0.3, 0.4) is 0 Å². The Bertz CT molecular complexity index is 630. The summed E-state index contributed by atoms with van der Waals surface area (Å²) in [5.74, 6) is 1.31. The standard InChI is InChI=1S/C14H16F3N3S/c1-8(2)20-9(3)19-12(13(20)18)10-4-6-11(7-5-10)21-14(15,16)17/h4-8H,18H2,1-3H3. The van der Waals surface area contributed by atoms with Gasteiger partial charge in [0.1, 0.15) is 17.3 Å². The average molecular weight is 315 g/mol. The zero-order valence-corrected chi connectivity index (χ0v) is 12.7. The molecule has 2 rings (SSSR count). The van der Waals surface area contributed by atoms with E-state index in [0.29, 0.717) is 17.1 Å². The number of hydrogen-bond donors (Lipinski definition) is 1. The molecule has 0 saturated heterocycles. The maximum absolute atomic E-state index is 12.3. The lowest BCUT2D eigenvalue weighted by atomic mass is 10.1. The number of aromatic nitrogens is 2. The number of nitrogen functional groups attached to an aromatic ring is 1. The lowest BCUT2D eigenvalue weighted by Crippen LogP contribution is -2.07. The Morgan fingerprint density at radius 3 is 2.19 bits per heavy atom. The Labute approximate surface area is 125 Å². The SMILES string of the molecule is Cc1nc(-c2ccc(SC(F)(F)F)cc2)c(N)n1C(C)C. The largest absolute Gasteiger partial charge is 0.446 e. The molecule has 0 aliphatic heterocycles. The van der Waals surface area contributed by atoms with Crippen LogP contribution in [0.4, 0.5) is 19.0 Å². The summed E-state index contributed by atoms with van der Waals surface area (Å²) in [6, 6.07) is 6.24. The van der Waals surface area contributed by atoms with Gasteiger partial charge >= 0.3 is 5.51 Å². The minimum absolute atomic E-state index is 0.135. The van der Waals surface area contributed by atoms with Crippen LogP contribution in [0.1, 0.15) is 25.7 Å². The second-order valence-electron chi connectivity index (χ2n) is 4.93. The minimum Gasteiger partial charge on any atom is -0.383 e. The number of aryl methyl sites for hydroxylation is 1. The number of nitrogens with zero attached hydrogens (tertiary/aromatic N) is 2. The van der Waals surface area contributed by atoms with E-state index < -0.39 is 5.51 Å². The first-order valence-electron chi connectivity index (χ1n) is 6.39. The van der Waals surface area contributed by atoms with E-state index in [9.17, 15) is 13.2 Å². The van der Waals surface area contributed by atoms with Crippen molar-refractivity contribution in [3.8, 4) is 11.3 Å². The third-order valence-electron chi connectivity index (χ3n) is 3.00. The molecule has 1 aromatic heterocycles. The highest BCUT2D eigenvalue weighted by atomic mass is 32.2. The van der Waals surface area contributed by atoms with E-state index in [0.717, 1.165) is 5.82 Å². The van der Waals surface area contributed by atoms with E-state index >= 15 is 0 Å². The summed E-state index contributed by atoms with van der Waals surface area (Å²) >= 11 is -0.135. The van der Waals surface area contributed by atoms with Gasteiger partial charge in [0, 0.05) is 16.5 Å². The van der Waals surface area contributed by atoms with Crippen LogP contribution in [0.2, 0.25) is 0 Å². The molecule has 0 bridgehead atoms. The highest BCUT2D eigenvalue weighted by Crippen LogP contribution is 2.38. The van der Waals surface area contributed by atoms with Crippen LogP contribution in [0.15, 0.2) is 29.2 Å². The fraction of sp³-hybridized carbons (Fsp3) is 0.357. The monoisotopic (exact) mass is 315 g/mol. The van der Waals surface area contributed by atoms with E-state index in [1.165, 1.54) is 12.1 Å². The number of hydrogen-bond acceptors (Lipinski definition) is 3. The molecular formula is C14H16F3N3S. The van der Waals surface area contributed by atoms with Crippen LogP contribution in [-0.2, 0) is 0 Å². The molecule has 21 heavy (non-hydrogen) atoms. The van der Waals surface area contributed by atoms with Crippen molar-refractivity contribution in [2.75, 3.05) is 5.73 Å². The molecule has 114 valence electrons. The van der Waals surface area contributed by atoms with Crippen molar-refractivity contribution in [1.82, 2.24) is 9.55 Å². The normalized spacial score (nSPS) is 12.1. The smallest absolute Gasteiger partial charge is 0.383 e. The summed E-state index contributed by atoms with van der Waals surface area (Å²) in [4.78, 5) is 4.56. The van der Waals surface area contributed by atoms with Gasteiger partial charge in [0.05, 0.1) is 0 Å². The summed E-state index contributed by atoms with van der Waals surface area (Å²) in [5, 5.41) is 0. The van der Waals surface area contributed by atoms with Gasteiger partial charge in [-0.3, -0.25) is 0 Å². The van der Waals surface area contributed by atoms with E-state index in [-0.39, 0.29) is 22.7 Å². The van der Waals surface area contributed by atoms with Crippen LogP contribution < -0.4 is 5.73 Å². The number of rotatable bonds is 3. The molecule has 2 aromatic rings. The van der Waals surface area contributed by atoms with Gasteiger partial charge in [-0.2, -0.15) is 13.2 Å². The van der Waals surface area contributed by atoms with Crippen molar-refractivity contribution in [3.63, 3.8) is 0 Å². The number of nitrogens with two attached hydrogens (primary N) is 1. The maximum atomic E-state index is 12.3. The number of thioether (sulfide) groups is 1. The lowest BCUT2D eigenvalue weighted by molar-refractivity contribution is -0.0328. The molecule has 0 spiro atoms. The molecule has 1 heterocycles. The summed E-state index contributed by atoms with van der Waals surface area (Å²) in [6.45, 7) is 5.85. The van der Waals surface area contributed by atoms with E-state index in [1.54, 1.807) is 12.1 Å². The quantitative estimate of drug-likeness (QED) is 0.840. The molecule has 7 heteroatoms. The molecule has 3 nitrogen and oxygen atoms in total. The third kappa shape index (κ3) is 3.53. The van der Waals surface area contributed by atoms with Crippen molar-refractivity contribution in [2.45, 2.75) is 37.2 Å². The summed E-state index contributed by atoms with van der Waals surface area (Å²) in [6.07, 6.45) is 0. The Morgan fingerprint density at radius 2 is 1.76 bits per heavy atom. The van der Waals surface area contributed by atoms with Crippen molar-refractivity contribution in [3.05, 3.63) is 30.1 Å². The van der Waals surface area contributed by atoms with Gasteiger partial charge in [0.15, 0.2) is 0 Å². The Hall–Kier alpha value is -1.63. The molecule has 2 N–H and O–H groups in total. The molecule has 0 unspecified atom stereocenters. The van der Waals surface area contributed by atoms with Crippen LogP contribution in [0.25, 0.3) is 11.3 Å². The fourth-order valence-electron chi connectivity index (χ4n) is 2.24. The highest BCUT2D eigenvalue weighted by molar-refractivity contribution is 8.00. The molecule has 0 aliphatic carbocycles. The number of alkyl halides is 3. The van der Waals surface area contributed by atoms with E-state index in [2.05, 4.69) is 4.98 Å². The number of benzene rings is 1. The Kier molecular flexibility index (Phi) is 4.22. The summed E-state index contributed by atoms with van der Waals surface area (Å²) < 4.78 is 38.8. The van der Waals surface area contributed by atoms with Crippen LogP contribution in [0, 0.1) is 6.92 Å². The number of imidazole rings is 1. The van der Waals surface area contributed by atoms with E-state index in [1.807, 2.05) is 25.3 Å². The minimum atomic E-state index is -4.28. The molecule has 0 amide bonds. The Morgan fingerprint density at radius 1 is 1.19 bits per heavy atom. The van der Waals surface area contributed by atoms with Gasteiger partial charge in [-0.1, -0.05) is 12.1 Å². The van der Waals surface area contributed by atoms with Gasteiger partial charge in [0.25, 0.3) is 0 Å². The first-order chi connectivity index (χ1) is 9.69. The van der Waals surface area contributed by atoms with Gasteiger partial charge in [0.2, 0.25) is 0 Å². The lowest BCUT2D eigenvalue weighted by Gasteiger charge is -2.11. The molecular weight excluding hydrogens is 299 g/mol. The molecule has 0 aliphatic rings. The van der Waals surface area contributed by atoms with E-state index in [4.69, 9.17) is 5.73 Å². The maximum Gasteiger partial charge on any atom is 0.446 e. The summed E-state index contributed by atoms with van der Waals surface area (Å²) in [7, 11) is 0. The molecule has 0 atom stereocenters. The third-order valence-corrected chi connectivity index (χ3v) is 3.74. The number of halogens is 3. The second kappa shape index (κ2) is 5.63. The topological polar surface area (TPSA) is 43.8 Å². The first kappa shape index (κ1) is 15.8. The zero-order valence-electron chi connectivity index (χ0n) is 11.9. The molecule has 1 aromatic carbocycles. The van der Waals surface area contributed by atoms with Crippen molar-refractivity contribution >= 4 is 17.6 Å². The van der Waals surface area contributed by atoms with Gasteiger partial charge in [-0.25, -0.2) is 4.98 Å². The average Bonchev–Trinajstić information content (AvgIpc) is 2.63. The first-order valence-corrected chi connectivity index (χ1v) is 7.21. The molecule has 0 saturated carbocycles. The predicted molar refractivity (Wildman–Crippen MR) is 79.1 cm³/mol. The van der Waals surface area contributed by atoms with Crippen molar-refractivity contribution < 1.29 is 13.2 Å². The van der Waals surface area contributed by atoms with Crippen LogP contribution >= 0.6 is 11.8 Å². The van der Waals surface area contributed by atoms with Crippen LogP contribution in [0.5, 0.6) is 0 Å². The molecule has 0 fully saturated rings. The van der Waals surface area contributed by atoms with Gasteiger partial charge in [-0.15, -0.1) is 0 Å². The zero-order chi connectivity index (χ0) is 15.8. The van der Waals surface area contributed by atoms with Crippen molar-refractivity contribution in [1.29, 1.82) is 0 Å². The molecule has 0 radical (unpaired) electrons. The highest BCUT2D eigenvalue weighted by Gasteiger charge is 2.29. The summed E-state index contributed by atoms with van der Waals surface area (Å²) in [5.41, 5.74) is 3.12. The van der Waals surface area contributed by atoms with Crippen molar-refractivity contribution in [2.24, 2.45) is 0 Å². The predicted octanol–water partition coefficient (Wildman–Crippen LogP) is 4.63. The fourth-order valence-corrected chi connectivity index (χ4v) is 2.78. The Balaban J connectivity index is 2.34. The second-order valence-corrected chi connectivity index (χ2v) is 6.07. The van der Waals surface area contributed by atoms with Gasteiger partial charge < -0.3 is 10.3 Å².